The van der Waals surface area contributed by atoms with Crippen LogP contribution in [0.1, 0.15) is 22.2 Å². The first-order valence-electron chi connectivity index (χ1n) is 8.23. The summed E-state index contributed by atoms with van der Waals surface area (Å²) >= 11 is 0.894. The maximum absolute atomic E-state index is 12.8. The maximum atomic E-state index is 12.8. The molecule has 1 aromatic carbocycles. The monoisotopic (exact) mass is 386 g/mol. The van der Waals surface area contributed by atoms with Crippen molar-refractivity contribution in [3.8, 4) is 0 Å². The summed E-state index contributed by atoms with van der Waals surface area (Å²) in [7, 11) is 0. The van der Waals surface area contributed by atoms with Crippen LogP contribution in [0.3, 0.4) is 0 Å². The van der Waals surface area contributed by atoms with E-state index < -0.39 is 17.2 Å². The van der Waals surface area contributed by atoms with Crippen molar-refractivity contribution < 1.29 is 9.90 Å². The summed E-state index contributed by atoms with van der Waals surface area (Å²) in [5.74, 6) is -0.963. The van der Waals surface area contributed by atoms with E-state index in [2.05, 4.69) is 4.99 Å². The molecule has 0 bridgehead atoms. The van der Waals surface area contributed by atoms with Gasteiger partial charge in [-0.05, 0) is 31.5 Å². The number of aryl methyl sites for hydroxylation is 1. The minimum atomic E-state index is -1.14. The molecule has 0 aliphatic heterocycles. The van der Waals surface area contributed by atoms with Gasteiger partial charge in [0, 0.05) is 6.54 Å². The first-order valence-corrected chi connectivity index (χ1v) is 9.04. The normalized spacial score (nSPS) is 11.9. The van der Waals surface area contributed by atoms with Crippen molar-refractivity contribution in [3.05, 3.63) is 61.6 Å². The Hall–Kier alpha value is -3.20. The highest BCUT2D eigenvalue weighted by Crippen LogP contribution is 2.27. The first-order chi connectivity index (χ1) is 12.8. The van der Waals surface area contributed by atoms with E-state index in [1.165, 1.54) is 4.57 Å². The van der Waals surface area contributed by atoms with E-state index in [1.807, 2.05) is 18.2 Å². The molecule has 0 atom stereocenters. The molecule has 3 rings (SSSR count). The Balaban J connectivity index is 2.24. The number of carboxylic acids is 1. The van der Waals surface area contributed by atoms with Crippen LogP contribution < -0.4 is 17.0 Å². The number of nitrogens with zero attached hydrogens (tertiary/aromatic N) is 3. The minimum absolute atomic E-state index is 0.0303. The van der Waals surface area contributed by atoms with E-state index in [4.69, 9.17) is 5.73 Å². The van der Waals surface area contributed by atoms with E-state index in [0.29, 0.717) is 11.3 Å². The zero-order valence-electron chi connectivity index (χ0n) is 14.8. The van der Waals surface area contributed by atoms with Crippen LogP contribution in [0.4, 0.5) is 5.69 Å². The molecular formula is C18H18N4O4S. The summed E-state index contributed by atoms with van der Waals surface area (Å²) in [6.07, 6.45) is 0. The zero-order valence-corrected chi connectivity index (χ0v) is 15.6. The fraction of sp³-hybridized carbons (Fsp3) is 0.222. The third-order valence-electron chi connectivity index (χ3n) is 4.15. The molecular weight excluding hydrogens is 368 g/mol. The molecule has 2 aromatic heterocycles. The SMILES string of the molecule is CCn1c(=O)c2c(C)c(C(=O)O)sc2n(CC(N)=Nc2ccccc2)c1=O. The number of fused-ring (bicyclic) bond motifs is 1. The van der Waals surface area contributed by atoms with Crippen molar-refractivity contribution in [1.29, 1.82) is 0 Å². The summed E-state index contributed by atoms with van der Waals surface area (Å²) in [4.78, 5) is 41.5. The predicted molar refractivity (Wildman–Crippen MR) is 105 cm³/mol. The summed E-state index contributed by atoms with van der Waals surface area (Å²) in [5, 5.41) is 9.61. The van der Waals surface area contributed by atoms with Gasteiger partial charge in [0.25, 0.3) is 5.56 Å². The molecule has 0 aliphatic carbocycles. The van der Waals surface area contributed by atoms with Gasteiger partial charge in [0.05, 0.1) is 17.6 Å². The molecule has 3 N–H and O–H groups in total. The van der Waals surface area contributed by atoms with Gasteiger partial charge in [0.1, 0.15) is 15.5 Å². The molecule has 140 valence electrons. The Kier molecular flexibility index (Phi) is 4.95. The topological polar surface area (TPSA) is 120 Å². The number of rotatable bonds is 5. The van der Waals surface area contributed by atoms with Gasteiger partial charge in [-0.2, -0.15) is 0 Å². The number of carboxylic acid groups (broad SMARTS) is 1. The average molecular weight is 386 g/mol. The summed E-state index contributed by atoms with van der Waals surface area (Å²) < 4.78 is 2.38. The molecule has 0 unspecified atom stereocenters. The standard InChI is InChI=1S/C18H18N4O4S/c1-3-21-15(23)13-10(2)14(17(24)25)27-16(13)22(18(21)26)9-12(19)20-11-7-5-4-6-8-11/h4-8H,3,9H2,1-2H3,(H2,19,20)(H,24,25). The second kappa shape index (κ2) is 7.20. The van der Waals surface area contributed by atoms with Gasteiger partial charge in [-0.3, -0.25) is 13.9 Å². The fourth-order valence-corrected chi connectivity index (χ4v) is 4.01. The molecule has 3 aromatic rings. The van der Waals surface area contributed by atoms with Crippen molar-refractivity contribution in [2.75, 3.05) is 0 Å². The van der Waals surface area contributed by atoms with Crippen molar-refractivity contribution in [1.82, 2.24) is 9.13 Å². The highest BCUT2D eigenvalue weighted by atomic mass is 32.1. The van der Waals surface area contributed by atoms with Crippen LogP contribution >= 0.6 is 11.3 Å². The highest BCUT2D eigenvalue weighted by molar-refractivity contribution is 7.20. The third kappa shape index (κ3) is 3.28. The number of thiophene rings is 1. The number of amidine groups is 1. The lowest BCUT2D eigenvalue weighted by atomic mass is 10.2. The molecule has 0 spiro atoms. The molecule has 2 heterocycles. The molecule has 8 nitrogen and oxygen atoms in total. The van der Waals surface area contributed by atoms with Gasteiger partial charge in [0.2, 0.25) is 0 Å². The van der Waals surface area contributed by atoms with E-state index >= 15 is 0 Å². The number of aliphatic imine (C=N–C) groups is 1. The maximum Gasteiger partial charge on any atom is 0.346 e. The van der Waals surface area contributed by atoms with Gasteiger partial charge in [-0.1, -0.05) is 18.2 Å². The number of para-hydroxylation sites is 1. The molecule has 0 amide bonds. The van der Waals surface area contributed by atoms with E-state index in [-0.39, 0.29) is 34.0 Å². The lowest BCUT2D eigenvalue weighted by Gasteiger charge is -2.11. The number of carbonyl (C=O) groups is 1. The Morgan fingerprint density at radius 2 is 1.89 bits per heavy atom. The van der Waals surface area contributed by atoms with Gasteiger partial charge >= 0.3 is 11.7 Å². The molecule has 0 radical (unpaired) electrons. The number of hydrogen-bond donors (Lipinski definition) is 2. The average Bonchev–Trinajstić information content (AvgIpc) is 2.98. The second-order valence-corrected chi connectivity index (χ2v) is 6.90. The first kappa shape index (κ1) is 18.6. The van der Waals surface area contributed by atoms with Gasteiger partial charge in [0.15, 0.2) is 0 Å². The largest absolute Gasteiger partial charge is 0.477 e. The summed E-state index contributed by atoms with van der Waals surface area (Å²) in [6, 6.07) is 9.03. The number of nitrogens with two attached hydrogens (primary N) is 1. The predicted octanol–water partition coefficient (Wildman–Crippen LogP) is 1.94. The quantitative estimate of drug-likeness (QED) is 0.513. The molecule has 0 saturated heterocycles. The molecule has 9 heteroatoms. The van der Waals surface area contributed by atoms with Crippen molar-refractivity contribution in [2.24, 2.45) is 10.7 Å². The van der Waals surface area contributed by atoms with Gasteiger partial charge < -0.3 is 10.8 Å². The second-order valence-electron chi connectivity index (χ2n) is 5.90. The Morgan fingerprint density at radius 3 is 2.48 bits per heavy atom. The Bertz CT molecular complexity index is 1170. The molecule has 0 aliphatic rings. The Labute approximate surface area is 157 Å². The third-order valence-corrected chi connectivity index (χ3v) is 5.46. The van der Waals surface area contributed by atoms with Crippen LogP contribution in [0.15, 0.2) is 44.9 Å². The van der Waals surface area contributed by atoms with Gasteiger partial charge in [-0.15, -0.1) is 11.3 Å². The van der Waals surface area contributed by atoms with E-state index in [1.54, 1.807) is 26.0 Å². The number of hydrogen-bond acceptors (Lipinski definition) is 5. The highest BCUT2D eigenvalue weighted by Gasteiger charge is 2.22. The summed E-state index contributed by atoms with van der Waals surface area (Å²) in [6.45, 7) is 3.37. The fourth-order valence-electron chi connectivity index (χ4n) is 2.88. The molecule has 27 heavy (non-hydrogen) atoms. The molecule has 0 saturated carbocycles. The number of aromatic nitrogens is 2. The molecule has 0 fully saturated rings. The lowest BCUT2D eigenvalue weighted by Crippen LogP contribution is -2.41. The zero-order chi connectivity index (χ0) is 19.7. The van der Waals surface area contributed by atoms with Crippen molar-refractivity contribution >= 4 is 39.0 Å². The smallest absolute Gasteiger partial charge is 0.346 e. The van der Waals surface area contributed by atoms with E-state index in [9.17, 15) is 19.5 Å². The van der Waals surface area contributed by atoms with Crippen LogP contribution in [-0.4, -0.2) is 26.0 Å². The number of benzene rings is 1. The number of aromatic carboxylic acids is 1. The lowest BCUT2D eigenvalue weighted by molar-refractivity contribution is 0.0701. The van der Waals surface area contributed by atoms with Crippen LogP contribution in [0.5, 0.6) is 0 Å². The van der Waals surface area contributed by atoms with Gasteiger partial charge in [-0.25, -0.2) is 14.6 Å². The van der Waals surface area contributed by atoms with Crippen molar-refractivity contribution in [2.45, 2.75) is 26.9 Å². The van der Waals surface area contributed by atoms with E-state index in [0.717, 1.165) is 15.9 Å². The van der Waals surface area contributed by atoms with Crippen LogP contribution in [0.2, 0.25) is 0 Å². The Morgan fingerprint density at radius 1 is 1.22 bits per heavy atom. The van der Waals surface area contributed by atoms with Crippen LogP contribution in [-0.2, 0) is 13.1 Å². The van der Waals surface area contributed by atoms with Crippen LogP contribution in [0, 0.1) is 6.92 Å². The van der Waals surface area contributed by atoms with Crippen molar-refractivity contribution in [3.63, 3.8) is 0 Å². The minimum Gasteiger partial charge on any atom is -0.477 e. The summed E-state index contributed by atoms with van der Waals surface area (Å²) in [5.41, 5.74) is 5.97. The van der Waals surface area contributed by atoms with Crippen LogP contribution in [0.25, 0.3) is 10.2 Å².